The maximum Gasteiger partial charge on any atom is 0.318 e. The van der Waals surface area contributed by atoms with Crippen LogP contribution in [0.1, 0.15) is 25.8 Å². The van der Waals surface area contributed by atoms with E-state index in [2.05, 4.69) is 10.6 Å². The zero-order chi connectivity index (χ0) is 17.7. The molecular formula is C17H25N3O3S. The van der Waals surface area contributed by atoms with E-state index < -0.39 is 16.8 Å². The molecule has 0 saturated carbocycles. The Morgan fingerprint density at radius 1 is 1.46 bits per heavy atom. The molecule has 1 aromatic carbocycles. The molecule has 0 saturated heterocycles. The van der Waals surface area contributed by atoms with Crippen LogP contribution >= 0.6 is 0 Å². The van der Waals surface area contributed by atoms with E-state index in [0.717, 1.165) is 17.7 Å². The van der Waals surface area contributed by atoms with Gasteiger partial charge < -0.3 is 15.5 Å². The molecule has 0 radical (unpaired) electrons. The molecule has 0 bridgehead atoms. The van der Waals surface area contributed by atoms with Gasteiger partial charge in [0, 0.05) is 35.0 Å². The highest BCUT2D eigenvalue weighted by Crippen LogP contribution is 2.27. The van der Waals surface area contributed by atoms with Crippen LogP contribution in [0.3, 0.4) is 0 Å². The number of benzene rings is 1. The van der Waals surface area contributed by atoms with Crippen molar-refractivity contribution in [1.29, 1.82) is 0 Å². The summed E-state index contributed by atoms with van der Waals surface area (Å²) in [4.78, 5) is 26.9. The van der Waals surface area contributed by atoms with Crippen LogP contribution in [0.4, 0.5) is 10.5 Å². The minimum absolute atomic E-state index is 0.0327. The molecule has 1 aliphatic heterocycles. The number of nitrogens with zero attached hydrogens (tertiary/aromatic N) is 1. The third-order valence-electron chi connectivity index (χ3n) is 4.33. The van der Waals surface area contributed by atoms with E-state index in [1.807, 2.05) is 38.1 Å². The summed E-state index contributed by atoms with van der Waals surface area (Å²) in [7, 11) is -0.965. The quantitative estimate of drug-likeness (QED) is 0.851. The fourth-order valence-corrected chi connectivity index (χ4v) is 3.19. The monoisotopic (exact) mass is 351 g/mol. The number of carbonyl (C=O) groups is 2. The Morgan fingerprint density at radius 2 is 2.17 bits per heavy atom. The minimum Gasteiger partial charge on any atom is -0.337 e. The second-order valence-electron chi connectivity index (χ2n) is 6.11. The lowest BCUT2D eigenvalue weighted by atomic mass is 9.97. The van der Waals surface area contributed by atoms with Crippen LogP contribution in [0, 0.1) is 5.92 Å². The van der Waals surface area contributed by atoms with Gasteiger partial charge in [-0.3, -0.25) is 9.00 Å². The van der Waals surface area contributed by atoms with Crippen molar-refractivity contribution in [3.8, 4) is 0 Å². The van der Waals surface area contributed by atoms with Gasteiger partial charge >= 0.3 is 6.03 Å². The number of rotatable bonds is 5. The largest absolute Gasteiger partial charge is 0.337 e. The highest BCUT2D eigenvalue weighted by molar-refractivity contribution is 7.84. The summed E-state index contributed by atoms with van der Waals surface area (Å²) in [6, 6.07) is 6.69. The molecule has 24 heavy (non-hydrogen) atoms. The predicted octanol–water partition coefficient (Wildman–Crippen LogP) is 1.94. The summed E-state index contributed by atoms with van der Waals surface area (Å²) in [5.74, 6) is 0.269. The Hall–Kier alpha value is -1.89. The van der Waals surface area contributed by atoms with Crippen molar-refractivity contribution in [2.24, 2.45) is 5.92 Å². The molecule has 2 rings (SSSR count). The first-order chi connectivity index (χ1) is 11.4. The number of para-hydroxylation sites is 1. The summed E-state index contributed by atoms with van der Waals surface area (Å²) in [5, 5.41) is 5.72. The number of carbonyl (C=O) groups excluding carboxylic acids is 2. The van der Waals surface area contributed by atoms with Crippen molar-refractivity contribution >= 4 is 28.4 Å². The summed E-state index contributed by atoms with van der Waals surface area (Å²) in [6.07, 6.45) is 2.39. The molecule has 0 spiro atoms. The summed E-state index contributed by atoms with van der Waals surface area (Å²) in [6.45, 7) is 4.67. The molecule has 132 valence electrons. The van der Waals surface area contributed by atoms with Crippen LogP contribution in [0.5, 0.6) is 0 Å². The maximum absolute atomic E-state index is 12.7. The third-order valence-corrected chi connectivity index (χ3v) is 5.11. The van der Waals surface area contributed by atoms with E-state index in [-0.39, 0.29) is 17.9 Å². The minimum atomic E-state index is -0.965. The summed E-state index contributed by atoms with van der Waals surface area (Å²) >= 11 is 0. The maximum atomic E-state index is 12.7. The van der Waals surface area contributed by atoms with Gasteiger partial charge in [0.25, 0.3) is 0 Å². The molecule has 1 heterocycles. The molecule has 2 N–H and O–H groups in total. The topological polar surface area (TPSA) is 78.5 Å². The number of hydrogen-bond acceptors (Lipinski definition) is 3. The van der Waals surface area contributed by atoms with Gasteiger partial charge in [0.1, 0.15) is 6.04 Å². The van der Waals surface area contributed by atoms with Crippen molar-refractivity contribution in [3.63, 3.8) is 0 Å². The van der Waals surface area contributed by atoms with E-state index in [9.17, 15) is 13.8 Å². The lowest BCUT2D eigenvalue weighted by Gasteiger charge is -2.32. The molecule has 1 aromatic rings. The molecule has 6 nitrogen and oxygen atoms in total. The second kappa shape index (κ2) is 8.28. The highest BCUT2D eigenvalue weighted by atomic mass is 32.2. The molecule has 0 aliphatic carbocycles. The first kappa shape index (κ1) is 18.4. The lowest BCUT2D eigenvalue weighted by Crippen LogP contribution is -2.52. The van der Waals surface area contributed by atoms with Gasteiger partial charge in [0.15, 0.2) is 0 Å². The van der Waals surface area contributed by atoms with Gasteiger partial charge in [0.2, 0.25) is 5.91 Å². The van der Waals surface area contributed by atoms with Crippen LogP contribution in [-0.2, 0) is 22.1 Å². The molecule has 7 heteroatoms. The molecular weight excluding hydrogens is 326 g/mol. The van der Waals surface area contributed by atoms with E-state index in [4.69, 9.17) is 0 Å². The average molecular weight is 351 g/mol. The van der Waals surface area contributed by atoms with Crippen molar-refractivity contribution < 1.29 is 13.8 Å². The average Bonchev–Trinajstić information content (AvgIpc) is 2.69. The fraction of sp³-hybridized carbons (Fsp3) is 0.529. The van der Waals surface area contributed by atoms with E-state index >= 15 is 0 Å². The lowest BCUT2D eigenvalue weighted by molar-refractivity contribution is -0.121. The van der Waals surface area contributed by atoms with E-state index in [1.165, 1.54) is 0 Å². The Bertz CT molecular complexity index is 635. The van der Waals surface area contributed by atoms with Crippen LogP contribution in [0.25, 0.3) is 0 Å². The smallest absolute Gasteiger partial charge is 0.318 e. The van der Waals surface area contributed by atoms with Gasteiger partial charge in [0.05, 0.1) is 6.54 Å². The Kier molecular flexibility index (Phi) is 6.36. The van der Waals surface area contributed by atoms with Crippen LogP contribution in [0.2, 0.25) is 0 Å². The molecule has 3 amide bonds. The van der Waals surface area contributed by atoms with Gasteiger partial charge in [-0.2, -0.15) is 0 Å². The Balaban J connectivity index is 2.26. The number of urea groups is 1. The molecule has 1 aliphatic rings. The number of anilines is 1. The van der Waals surface area contributed by atoms with Crippen molar-refractivity contribution in [2.75, 3.05) is 23.9 Å². The van der Waals surface area contributed by atoms with Crippen LogP contribution in [0.15, 0.2) is 24.3 Å². The first-order valence-corrected chi connectivity index (χ1v) is 9.90. The van der Waals surface area contributed by atoms with Gasteiger partial charge in [-0.15, -0.1) is 0 Å². The van der Waals surface area contributed by atoms with Gasteiger partial charge in [-0.25, -0.2) is 4.79 Å². The molecule has 0 aromatic heterocycles. The molecule has 1 unspecified atom stereocenters. The third kappa shape index (κ3) is 4.35. The zero-order valence-corrected chi connectivity index (χ0v) is 15.2. The number of amides is 3. The van der Waals surface area contributed by atoms with Gasteiger partial charge in [-0.1, -0.05) is 38.5 Å². The van der Waals surface area contributed by atoms with E-state index in [0.29, 0.717) is 18.8 Å². The number of nitrogens with one attached hydrogen (secondary N) is 2. The van der Waals surface area contributed by atoms with Crippen molar-refractivity contribution in [2.45, 2.75) is 32.9 Å². The molecule has 0 fully saturated rings. The fourth-order valence-electron chi connectivity index (χ4n) is 2.80. The Morgan fingerprint density at radius 3 is 2.83 bits per heavy atom. The Labute approximate surface area is 145 Å². The predicted molar refractivity (Wildman–Crippen MR) is 96.2 cm³/mol. The standard InChI is InChI=1S/C17H25N3O3S/c1-4-12(2)15-16(21)19-14-8-6-5-7-13(14)11-20(15)17(22)18-9-10-24(3)23/h5-8,12,15H,4,9-11H2,1-3H3,(H,18,22)(H,19,21)/t12-,15-,24?/m0/s1. The number of hydrogen-bond donors (Lipinski definition) is 2. The molecule has 3 atom stereocenters. The number of fused-ring (bicyclic) bond motifs is 1. The van der Waals surface area contributed by atoms with Crippen LogP contribution < -0.4 is 10.6 Å². The van der Waals surface area contributed by atoms with Crippen molar-refractivity contribution in [1.82, 2.24) is 10.2 Å². The SMILES string of the molecule is CC[C@H](C)[C@H]1C(=O)Nc2ccccc2CN1C(=O)NCCS(C)=O. The normalized spacial score (nSPS) is 19.7. The van der Waals surface area contributed by atoms with Crippen LogP contribution in [-0.4, -0.2) is 45.6 Å². The second-order valence-corrected chi connectivity index (χ2v) is 7.67. The summed E-state index contributed by atoms with van der Waals surface area (Å²) in [5.41, 5.74) is 1.66. The zero-order valence-electron chi connectivity index (χ0n) is 14.4. The summed E-state index contributed by atoms with van der Waals surface area (Å²) < 4.78 is 11.2. The van der Waals surface area contributed by atoms with Gasteiger partial charge in [-0.05, 0) is 17.5 Å². The highest BCUT2D eigenvalue weighted by Gasteiger charge is 2.36. The van der Waals surface area contributed by atoms with E-state index in [1.54, 1.807) is 11.2 Å². The first-order valence-electron chi connectivity index (χ1n) is 8.17. The van der Waals surface area contributed by atoms with Crippen molar-refractivity contribution in [3.05, 3.63) is 29.8 Å².